The van der Waals surface area contributed by atoms with Crippen LogP contribution in [0.5, 0.6) is 0 Å². The van der Waals surface area contributed by atoms with Gasteiger partial charge in [0.1, 0.15) is 5.78 Å². The zero-order valence-corrected chi connectivity index (χ0v) is 10.1. The van der Waals surface area contributed by atoms with Gasteiger partial charge in [0.15, 0.2) is 9.84 Å². The fourth-order valence-electron chi connectivity index (χ4n) is 2.46. The normalized spacial score (nSPS) is 31.8. The summed E-state index contributed by atoms with van der Waals surface area (Å²) in [6.45, 7) is 5.22. The van der Waals surface area contributed by atoms with E-state index >= 15 is 0 Å². The number of aliphatic hydroxyl groups excluding tert-OH is 1. The maximum absolute atomic E-state index is 11.4. The summed E-state index contributed by atoms with van der Waals surface area (Å²) >= 11 is 0. The molecule has 1 heterocycles. The second kappa shape index (κ2) is 4.22. The average molecular weight is 234 g/mol. The molecule has 1 aliphatic heterocycles. The molecule has 0 spiro atoms. The number of hydrogen-bond donors (Lipinski definition) is 1. The van der Waals surface area contributed by atoms with E-state index in [0.717, 1.165) is 0 Å². The largest absolute Gasteiger partial charge is 0.392 e. The van der Waals surface area contributed by atoms with Crippen LogP contribution in [-0.4, -0.2) is 36.9 Å². The highest BCUT2D eigenvalue weighted by Gasteiger charge is 2.43. The number of sulfone groups is 1. The van der Waals surface area contributed by atoms with Gasteiger partial charge in [0.05, 0.1) is 17.6 Å². The molecule has 3 unspecified atom stereocenters. The van der Waals surface area contributed by atoms with Gasteiger partial charge in [-0.1, -0.05) is 13.8 Å². The van der Waals surface area contributed by atoms with Crippen LogP contribution in [0, 0.1) is 17.8 Å². The molecular weight excluding hydrogens is 216 g/mol. The number of rotatable bonds is 3. The lowest BCUT2D eigenvalue weighted by Gasteiger charge is -2.25. The molecule has 1 aliphatic rings. The topological polar surface area (TPSA) is 71.4 Å². The fraction of sp³-hybridized carbons (Fsp3) is 0.900. The van der Waals surface area contributed by atoms with Crippen LogP contribution in [0.15, 0.2) is 0 Å². The second-order valence-corrected chi connectivity index (χ2v) is 6.84. The highest BCUT2D eigenvalue weighted by atomic mass is 32.2. The van der Waals surface area contributed by atoms with Crippen molar-refractivity contribution < 1.29 is 18.3 Å². The Kier molecular flexibility index (Phi) is 3.55. The van der Waals surface area contributed by atoms with Crippen molar-refractivity contribution in [2.45, 2.75) is 26.9 Å². The van der Waals surface area contributed by atoms with Crippen molar-refractivity contribution in [1.82, 2.24) is 0 Å². The van der Waals surface area contributed by atoms with Crippen LogP contribution < -0.4 is 0 Å². The summed E-state index contributed by atoms with van der Waals surface area (Å²) in [4.78, 5) is 11.4. The molecule has 0 aliphatic carbocycles. The Morgan fingerprint density at radius 2 is 1.87 bits per heavy atom. The SMILES string of the molecule is CC(=O)C(C(C)C)C1CS(=O)(=O)CC1O. The summed E-state index contributed by atoms with van der Waals surface area (Å²) in [7, 11) is -3.16. The molecule has 0 saturated carbocycles. The van der Waals surface area contributed by atoms with E-state index in [2.05, 4.69) is 0 Å². The van der Waals surface area contributed by atoms with E-state index in [4.69, 9.17) is 0 Å². The van der Waals surface area contributed by atoms with E-state index in [1.54, 1.807) is 0 Å². The zero-order valence-electron chi connectivity index (χ0n) is 9.30. The third kappa shape index (κ3) is 2.78. The van der Waals surface area contributed by atoms with Gasteiger partial charge in [0.2, 0.25) is 0 Å². The highest BCUT2D eigenvalue weighted by molar-refractivity contribution is 7.91. The van der Waals surface area contributed by atoms with E-state index in [9.17, 15) is 18.3 Å². The maximum atomic E-state index is 11.4. The molecule has 0 aromatic carbocycles. The molecule has 0 aromatic rings. The second-order valence-electron chi connectivity index (χ2n) is 4.69. The minimum absolute atomic E-state index is 0.0360. The molecule has 0 radical (unpaired) electrons. The van der Waals surface area contributed by atoms with E-state index in [1.807, 2.05) is 13.8 Å². The van der Waals surface area contributed by atoms with Crippen LogP contribution >= 0.6 is 0 Å². The standard InChI is InChI=1S/C10H18O4S/c1-6(2)10(7(3)11)8-4-15(13,14)5-9(8)12/h6,8-10,12H,4-5H2,1-3H3. The van der Waals surface area contributed by atoms with Crippen molar-refractivity contribution in [3.63, 3.8) is 0 Å². The predicted molar refractivity (Wildman–Crippen MR) is 57.2 cm³/mol. The number of carbonyl (C=O) groups excluding carboxylic acids is 1. The van der Waals surface area contributed by atoms with Crippen molar-refractivity contribution in [3.8, 4) is 0 Å². The summed E-state index contributed by atoms with van der Waals surface area (Å²) < 4.78 is 22.7. The Bertz CT molecular complexity index is 344. The molecule has 0 aromatic heterocycles. The van der Waals surface area contributed by atoms with Crippen molar-refractivity contribution in [2.24, 2.45) is 17.8 Å². The molecule has 1 rings (SSSR count). The van der Waals surface area contributed by atoms with Gasteiger partial charge in [-0.3, -0.25) is 4.79 Å². The van der Waals surface area contributed by atoms with Gasteiger partial charge in [-0.15, -0.1) is 0 Å². The number of Topliss-reactive ketones (excluding diaryl/α,β-unsaturated/α-hetero) is 1. The molecule has 1 fully saturated rings. The zero-order chi connectivity index (χ0) is 11.8. The van der Waals surface area contributed by atoms with Gasteiger partial charge in [0, 0.05) is 11.8 Å². The number of aliphatic hydroxyl groups is 1. The summed E-state index contributed by atoms with van der Waals surface area (Å²) in [5, 5.41) is 9.66. The highest BCUT2D eigenvalue weighted by Crippen LogP contribution is 2.31. The lowest BCUT2D eigenvalue weighted by Crippen LogP contribution is -2.34. The van der Waals surface area contributed by atoms with E-state index in [0.29, 0.717) is 0 Å². The van der Waals surface area contributed by atoms with Crippen molar-refractivity contribution in [2.75, 3.05) is 11.5 Å². The summed E-state index contributed by atoms with van der Waals surface area (Å²) in [6.07, 6.45) is -0.883. The first-order chi connectivity index (χ1) is 6.74. The molecule has 5 heteroatoms. The van der Waals surface area contributed by atoms with Gasteiger partial charge >= 0.3 is 0 Å². The predicted octanol–water partition coefficient (Wildman–Crippen LogP) is 0.253. The molecule has 3 atom stereocenters. The van der Waals surface area contributed by atoms with E-state index in [1.165, 1.54) is 6.92 Å². The number of hydrogen-bond acceptors (Lipinski definition) is 4. The Balaban J connectivity index is 2.92. The number of ketones is 1. The fourth-order valence-corrected chi connectivity index (χ4v) is 4.38. The Hall–Kier alpha value is -0.420. The molecular formula is C10H18O4S. The first-order valence-corrected chi connectivity index (χ1v) is 6.95. The average Bonchev–Trinajstić information content (AvgIpc) is 2.23. The van der Waals surface area contributed by atoms with Crippen molar-refractivity contribution >= 4 is 15.6 Å². The molecule has 4 nitrogen and oxygen atoms in total. The smallest absolute Gasteiger partial charge is 0.153 e. The van der Waals surface area contributed by atoms with Crippen LogP contribution in [0.3, 0.4) is 0 Å². The van der Waals surface area contributed by atoms with Crippen LogP contribution in [0.1, 0.15) is 20.8 Å². The third-order valence-corrected chi connectivity index (χ3v) is 4.76. The van der Waals surface area contributed by atoms with Crippen LogP contribution in [0.2, 0.25) is 0 Å². The maximum Gasteiger partial charge on any atom is 0.153 e. The van der Waals surface area contributed by atoms with Gasteiger partial charge in [-0.25, -0.2) is 8.42 Å². The van der Waals surface area contributed by atoms with Crippen LogP contribution in [0.4, 0.5) is 0 Å². The quantitative estimate of drug-likeness (QED) is 0.760. The minimum atomic E-state index is -3.16. The first kappa shape index (κ1) is 12.6. The molecule has 1 N–H and O–H groups in total. The van der Waals surface area contributed by atoms with E-state index < -0.39 is 21.9 Å². The van der Waals surface area contributed by atoms with E-state index in [-0.39, 0.29) is 29.1 Å². The Morgan fingerprint density at radius 1 is 1.33 bits per heavy atom. The van der Waals surface area contributed by atoms with Crippen molar-refractivity contribution in [3.05, 3.63) is 0 Å². The van der Waals surface area contributed by atoms with Gasteiger partial charge in [0.25, 0.3) is 0 Å². The number of carbonyl (C=O) groups is 1. The monoisotopic (exact) mass is 234 g/mol. The van der Waals surface area contributed by atoms with Gasteiger partial charge in [-0.05, 0) is 12.8 Å². The molecule has 0 bridgehead atoms. The lowest BCUT2D eigenvalue weighted by atomic mass is 9.79. The first-order valence-electron chi connectivity index (χ1n) is 5.13. The summed E-state index contributed by atoms with van der Waals surface area (Å²) in [6, 6.07) is 0. The van der Waals surface area contributed by atoms with Crippen LogP contribution in [-0.2, 0) is 14.6 Å². The molecule has 0 amide bonds. The lowest BCUT2D eigenvalue weighted by molar-refractivity contribution is -0.125. The summed E-state index contributed by atoms with van der Waals surface area (Å²) in [5.41, 5.74) is 0. The minimum Gasteiger partial charge on any atom is -0.392 e. The van der Waals surface area contributed by atoms with Gasteiger partial charge < -0.3 is 5.11 Å². The molecule has 1 saturated heterocycles. The third-order valence-electron chi connectivity index (χ3n) is 3.01. The summed E-state index contributed by atoms with van der Waals surface area (Å²) in [5.74, 6) is -1.00. The Labute approximate surface area is 90.6 Å². The van der Waals surface area contributed by atoms with Crippen molar-refractivity contribution in [1.29, 1.82) is 0 Å². The molecule has 15 heavy (non-hydrogen) atoms. The van der Waals surface area contributed by atoms with Crippen LogP contribution in [0.25, 0.3) is 0 Å². The van der Waals surface area contributed by atoms with Gasteiger partial charge in [-0.2, -0.15) is 0 Å². The molecule has 88 valence electrons. The Morgan fingerprint density at radius 3 is 2.13 bits per heavy atom.